The van der Waals surface area contributed by atoms with Gasteiger partial charge in [0.15, 0.2) is 5.78 Å². The molecule has 1 rings (SSSR count). The summed E-state index contributed by atoms with van der Waals surface area (Å²) in [4.78, 5) is 12.2. The zero-order valence-corrected chi connectivity index (χ0v) is 11.0. The molecule has 16 heavy (non-hydrogen) atoms. The summed E-state index contributed by atoms with van der Waals surface area (Å²) in [6.07, 6.45) is 0.873. The second-order valence-corrected chi connectivity index (χ2v) is 5.34. The Kier molecular flexibility index (Phi) is 3.90. The van der Waals surface area contributed by atoms with Gasteiger partial charge in [0.1, 0.15) is 0 Å². The van der Waals surface area contributed by atoms with Crippen molar-refractivity contribution in [2.24, 2.45) is 5.41 Å². The van der Waals surface area contributed by atoms with Crippen LogP contribution in [0.1, 0.15) is 62.9 Å². The number of ketones is 1. The summed E-state index contributed by atoms with van der Waals surface area (Å²) in [5.74, 6) is 0.758. The van der Waals surface area contributed by atoms with E-state index in [4.69, 9.17) is 0 Å². The van der Waals surface area contributed by atoms with Gasteiger partial charge in [-0.2, -0.15) is 0 Å². The van der Waals surface area contributed by atoms with Crippen LogP contribution in [0.5, 0.6) is 0 Å². The summed E-state index contributed by atoms with van der Waals surface area (Å²) < 4.78 is 0. The first-order valence-electron chi connectivity index (χ1n) is 6.03. The summed E-state index contributed by atoms with van der Waals surface area (Å²) in [6.45, 7) is 10.4. The smallest absolute Gasteiger partial charge is 0.168 e. The molecule has 0 aliphatic heterocycles. The first-order valence-corrected chi connectivity index (χ1v) is 6.03. The normalized spacial score (nSPS) is 11.9. The Morgan fingerprint density at radius 1 is 1.19 bits per heavy atom. The Labute approximate surface area is 98.9 Å². The van der Waals surface area contributed by atoms with Crippen molar-refractivity contribution < 1.29 is 4.79 Å². The molecule has 0 saturated carbocycles. The van der Waals surface area contributed by atoms with E-state index in [1.54, 1.807) is 0 Å². The van der Waals surface area contributed by atoms with Crippen molar-refractivity contribution in [1.82, 2.24) is 0 Å². The fraction of sp³-hybridized carbons (Fsp3) is 0.533. The van der Waals surface area contributed by atoms with E-state index in [9.17, 15) is 4.79 Å². The molecule has 0 atom stereocenters. The van der Waals surface area contributed by atoms with Gasteiger partial charge in [-0.3, -0.25) is 4.79 Å². The molecule has 0 bridgehead atoms. The van der Waals surface area contributed by atoms with E-state index in [1.165, 1.54) is 5.56 Å². The van der Waals surface area contributed by atoms with Gasteiger partial charge in [-0.15, -0.1) is 0 Å². The van der Waals surface area contributed by atoms with Crippen LogP contribution in [0.15, 0.2) is 24.3 Å². The average Bonchev–Trinajstić information content (AvgIpc) is 2.28. The molecule has 0 unspecified atom stereocenters. The Bertz CT molecular complexity index is 358. The number of carbonyl (C=O) groups is 1. The Morgan fingerprint density at radius 2 is 1.69 bits per heavy atom. The quantitative estimate of drug-likeness (QED) is 0.683. The minimum Gasteiger partial charge on any atom is -0.294 e. The molecule has 0 spiro atoms. The standard InChI is InChI=1S/C15H22O/c1-6-15(4,5)14(16)13-9-7-12(8-10-13)11(2)3/h7-11H,6H2,1-5H3. The fourth-order valence-electron chi connectivity index (χ4n) is 1.57. The summed E-state index contributed by atoms with van der Waals surface area (Å²) in [5.41, 5.74) is 1.86. The topological polar surface area (TPSA) is 17.1 Å². The number of Topliss-reactive ketones (excluding diaryl/α,β-unsaturated/α-hetero) is 1. The van der Waals surface area contributed by atoms with E-state index in [0.29, 0.717) is 5.92 Å². The highest BCUT2D eigenvalue weighted by Gasteiger charge is 2.26. The van der Waals surface area contributed by atoms with Crippen molar-refractivity contribution in [2.75, 3.05) is 0 Å². The summed E-state index contributed by atoms with van der Waals surface area (Å²) in [5, 5.41) is 0. The molecule has 0 heterocycles. The number of carbonyl (C=O) groups excluding carboxylic acids is 1. The molecule has 0 amide bonds. The molecular formula is C15H22O. The lowest BCUT2D eigenvalue weighted by Gasteiger charge is -2.21. The van der Waals surface area contributed by atoms with Crippen molar-refractivity contribution in [3.8, 4) is 0 Å². The second-order valence-electron chi connectivity index (χ2n) is 5.34. The molecule has 0 aliphatic rings. The van der Waals surface area contributed by atoms with E-state index >= 15 is 0 Å². The molecule has 0 radical (unpaired) electrons. The zero-order chi connectivity index (χ0) is 12.3. The Morgan fingerprint density at radius 3 is 2.06 bits per heavy atom. The summed E-state index contributed by atoms with van der Waals surface area (Å²) in [6, 6.07) is 8.03. The van der Waals surface area contributed by atoms with Gasteiger partial charge in [-0.25, -0.2) is 0 Å². The van der Waals surface area contributed by atoms with Gasteiger partial charge < -0.3 is 0 Å². The largest absolute Gasteiger partial charge is 0.294 e. The lowest BCUT2D eigenvalue weighted by molar-refractivity contribution is 0.0833. The third-order valence-corrected chi connectivity index (χ3v) is 3.34. The third kappa shape index (κ3) is 2.72. The molecule has 1 nitrogen and oxygen atoms in total. The molecule has 0 saturated heterocycles. The fourth-order valence-corrected chi connectivity index (χ4v) is 1.57. The van der Waals surface area contributed by atoms with Crippen molar-refractivity contribution in [3.63, 3.8) is 0 Å². The summed E-state index contributed by atoms with van der Waals surface area (Å²) in [7, 11) is 0. The van der Waals surface area contributed by atoms with Crippen molar-refractivity contribution in [2.45, 2.75) is 47.0 Å². The van der Waals surface area contributed by atoms with E-state index in [-0.39, 0.29) is 11.2 Å². The highest BCUT2D eigenvalue weighted by atomic mass is 16.1. The van der Waals surface area contributed by atoms with Crippen LogP contribution in [-0.4, -0.2) is 5.78 Å². The maximum Gasteiger partial charge on any atom is 0.168 e. The summed E-state index contributed by atoms with van der Waals surface area (Å²) >= 11 is 0. The van der Waals surface area contributed by atoms with Crippen molar-refractivity contribution in [1.29, 1.82) is 0 Å². The van der Waals surface area contributed by atoms with Crippen LogP contribution in [0, 0.1) is 5.41 Å². The van der Waals surface area contributed by atoms with Gasteiger partial charge >= 0.3 is 0 Å². The van der Waals surface area contributed by atoms with E-state index in [1.807, 2.05) is 26.0 Å². The maximum atomic E-state index is 12.2. The zero-order valence-electron chi connectivity index (χ0n) is 11.0. The van der Waals surface area contributed by atoms with E-state index in [0.717, 1.165) is 12.0 Å². The van der Waals surface area contributed by atoms with E-state index < -0.39 is 0 Å². The Hall–Kier alpha value is -1.11. The molecule has 88 valence electrons. The molecule has 0 N–H and O–H groups in total. The molecule has 0 fully saturated rings. The number of rotatable bonds is 4. The molecule has 1 aromatic rings. The number of hydrogen-bond acceptors (Lipinski definition) is 1. The Balaban J connectivity index is 2.94. The van der Waals surface area contributed by atoms with Crippen LogP contribution < -0.4 is 0 Å². The number of hydrogen-bond donors (Lipinski definition) is 0. The minimum atomic E-state index is -0.251. The van der Waals surface area contributed by atoms with Gasteiger partial charge in [0.2, 0.25) is 0 Å². The lowest BCUT2D eigenvalue weighted by Crippen LogP contribution is -2.23. The molecule has 0 aromatic heterocycles. The number of benzene rings is 1. The highest BCUT2D eigenvalue weighted by Crippen LogP contribution is 2.26. The maximum absolute atomic E-state index is 12.2. The van der Waals surface area contributed by atoms with Crippen LogP contribution in [0.2, 0.25) is 0 Å². The van der Waals surface area contributed by atoms with E-state index in [2.05, 4.69) is 32.9 Å². The van der Waals surface area contributed by atoms with Crippen LogP contribution in [0.3, 0.4) is 0 Å². The minimum absolute atomic E-state index is 0.241. The van der Waals surface area contributed by atoms with Crippen molar-refractivity contribution in [3.05, 3.63) is 35.4 Å². The molecule has 1 heteroatoms. The molecule has 0 aliphatic carbocycles. The predicted molar refractivity (Wildman–Crippen MR) is 68.9 cm³/mol. The van der Waals surface area contributed by atoms with Crippen LogP contribution in [0.4, 0.5) is 0 Å². The van der Waals surface area contributed by atoms with Gasteiger partial charge in [0.25, 0.3) is 0 Å². The third-order valence-electron chi connectivity index (χ3n) is 3.34. The lowest BCUT2D eigenvalue weighted by atomic mass is 9.81. The van der Waals surface area contributed by atoms with Crippen LogP contribution in [-0.2, 0) is 0 Å². The average molecular weight is 218 g/mol. The first kappa shape index (κ1) is 13.0. The van der Waals surface area contributed by atoms with Crippen molar-refractivity contribution >= 4 is 5.78 Å². The first-order chi connectivity index (χ1) is 7.38. The van der Waals surface area contributed by atoms with Gasteiger partial charge in [0, 0.05) is 11.0 Å². The highest BCUT2D eigenvalue weighted by molar-refractivity contribution is 6.00. The molecule has 1 aromatic carbocycles. The van der Waals surface area contributed by atoms with Gasteiger partial charge in [-0.05, 0) is 17.9 Å². The predicted octanol–water partition coefficient (Wildman–Crippen LogP) is 4.43. The van der Waals surface area contributed by atoms with Crippen LogP contribution >= 0.6 is 0 Å². The SMILES string of the molecule is CCC(C)(C)C(=O)c1ccc(C(C)C)cc1. The molecular weight excluding hydrogens is 196 g/mol. The van der Waals surface area contributed by atoms with Crippen LogP contribution in [0.25, 0.3) is 0 Å². The second kappa shape index (κ2) is 4.82. The monoisotopic (exact) mass is 218 g/mol. The van der Waals surface area contributed by atoms with Gasteiger partial charge in [-0.1, -0.05) is 58.9 Å². The van der Waals surface area contributed by atoms with Gasteiger partial charge in [0.05, 0.1) is 0 Å².